The lowest BCUT2D eigenvalue weighted by atomic mass is 10.0. The topological polar surface area (TPSA) is 82.3 Å². The Kier molecular flexibility index (Phi) is 4.85. The third kappa shape index (κ3) is 3.43. The molecule has 0 aromatic carbocycles. The van der Waals surface area contributed by atoms with Gasteiger partial charge in [-0.2, -0.15) is 0 Å². The Balaban J connectivity index is 3.22. The zero-order chi connectivity index (χ0) is 14.6. The average Bonchev–Trinajstić information content (AvgIpc) is 2.28. The third-order valence-corrected chi connectivity index (χ3v) is 2.46. The van der Waals surface area contributed by atoms with Crippen LogP contribution in [-0.4, -0.2) is 22.5 Å². The van der Waals surface area contributed by atoms with Gasteiger partial charge in [0.2, 0.25) is 0 Å². The summed E-state index contributed by atoms with van der Waals surface area (Å²) in [7, 11) is 0. The maximum atomic E-state index is 13.0. The molecule has 19 heavy (non-hydrogen) atoms. The first-order chi connectivity index (χ1) is 8.88. The van der Waals surface area contributed by atoms with E-state index in [4.69, 9.17) is 0 Å². The Labute approximate surface area is 107 Å². The fourth-order valence-electron chi connectivity index (χ4n) is 1.66. The van der Waals surface area contributed by atoms with Crippen molar-refractivity contribution < 1.29 is 23.2 Å². The van der Waals surface area contributed by atoms with Crippen molar-refractivity contribution in [3.05, 3.63) is 33.0 Å². The van der Waals surface area contributed by atoms with Crippen molar-refractivity contribution in [1.29, 1.82) is 0 Å². The number of rotatable bonds is 5. The van der Waals surface area contributed by atoms with Crippen LogP contribution in [0.2, 0.25) is 0 Å². The highest BCUT2D eigenvalue weighted by Gasteiger charge is 2.26. The summed E-state index contributed by atoms with van der Waals surface area (Å²) in [5.74, 6) is -1.32. The fraction of sp³-hybridized carbons (Fsp3) is 0.455. The maximum absolute atomic E-state index is 13.0. The first kappa shape index (κ1) is 14.9. The Morgan fingerprint density at radius 1 is 1.58 bits per heavy atom. The molecule has 0 N–H and O–H groups in total. The van der Waals surface area contributed by atoms with E-state index >= 15 is 0 Å². The van der Waals surface area contributed by atoms with E-state index in [9.17, 15) is 23.7 Å². The summed E-state index contributed by atoms with van der Waals surface area (Å²) in [4.78, 5) is 24.6. The average molecular weight is 274 g/mol. The van der Waals surface area contributed by atoms with E-state index in [2.05, 4.69) is 9.72 Å². The minimum Gasteiger partial charge on any atom is -0.466 e. The van der Waals surface area contributed by atoms with Gasteiger partial charge in [0.15, 0.2) is 0 Å². The molecule has 0 aliphatic carbocycles. The Hall–Kier alpha value is -2.12. The second kappa shape index (κ2) is 6.17. The molecular weight excluding hydrogens is 262 g/mol. The molecule has 0 atom stereocenters. The predicted octanol–water partition coefficient (Wildman–Crippen LogP) is 2.34. The number of aromatic nitrogens is 1. The van der Waals surface area contributed by atoms with Gasteiger partial charge >= 0.3 is 11.8 Å². The van der Waals surface area contributed by atoms with E-state index in [1.165, 1.54) is 6.92 Å². The Morgan fingerprint density at radius 2 is 2.21 bits per heavy atom. The van der Waals surface area contributed by atoms with Crippen molar-refractivity contribution in [2.24, 2.45) is 0 Å². The molecular formula is C11H12F2N2O4. The number of carbonyl (C=O) groups excluding carboxylic acids is 1. The molecule has 0 unspecified atom stereocenters. The largest absolute Gasteiger partial charge is 0.466 e. The number of hydrogen-bond donors (Lipinski definition) is 0. The van der Waals surface area contributed by atoms with E-state index in [0.717, 1.165) is 6.20 Å². The second-order valence-corrected chi connectivity index (χ2v) is 3.69. The van der Waals surface area contributed by atoms with Gasteiger partial charge in [-0.25, -0.2) is 8.78 Å². The van der Waals surface area contributed by atoms with Gasteiger partial charge in [0.05, 0.1) is 18.6 Å². The number of hydrogen-bond acceptors (Lipinski definition) is 5. The Morgan fingerprint density at radius 3 is 2.68 bits per heavy atom. The third-order valence-electron chi connectivity index (χ3n) is 2.46. The first-order valence-electron chi connectivity index (χ1n) is 5.45. The summed E-state index contributed by atoms with van der Waals surface area (Å²) < 4.78 is 30.6. The van der Waals surface area contributed by atoms with Gasteiger partial charge in [0.25, 0.3) is 6.43 Å². The van der Waals surface area contributed by atoms with Crippen molar-refractivity contribution in [2.45, 2.75) is 26.7 Å². The minimum atomic E-state index is -2.92. The molecule has 0 saturated carbocycles. The van der Waals surface area contributed by atoms with Crippen LogP contribution in [0.15, 0.2) is 6.20 Å². The molecule has 0 saturated heterocycles. The van der Waals surface area contributed by atoms with Crippen LogP contribution in [0.3, 0.4) is 0 Å². The monoisotopic (exact) mass is 274 g/mol. The highest BCUT2D eigenvalue weighted by molar-refractivity contribution is 5.73. The summed E-state index contributed by atoms with van der Waals surface area (Å²) in [6, 6.07) is 0. The molecule has 6 nitrogen and oxygen atoms in total. The minimum absolute atomic E-state index is 0.0587. The number of pyridine rings is 1. The molecule has 0 fully saturated rings. The highest BCUT2D eigenvalue weighted by atomic mass is 19.3. The van der Waals surface area contributed by atoms with Gasteiger partial charge < -0.3 is 14.9 Å². The molecule has 1 rings (SSSR count). The molecule has 0 bridgehead atoms. The SMILES string of the molecule is CCOC(=O)Cc1cnc([N+](=O)[O-])c(C)c1C(F)F. The first-order valence-corrected chi connectivity index (χ1v) is 5.45. The number of alkyl halides is 2. The van der Waals surface area contributed by atoms with Crippen LogP contribution in [0, 0.1) is 17.0 Å². The Bertz CT molecular complexity index is 506. The lowest BCUT2D eigenvalue weighted by Crippen LogP contribution is -2.12. The van der Waals surface area contributed by atoms with Gasteiger partial charge in [-0.3, -0.25) is 4.79 Å². The zero-order valence-corrected chi connectivity index (χ0v) is 10.4. The van der Waals surface area contributed by atoms with Gasteiger partial charge in [0.1, 0.15) is 6.20 Å². The summed E-state index contributed by atoms with van der Waals surface area (Å²) in [5.41, 5.74) is -0.826. The number of halogens is 2. The van der Waals surface area contributed by atoms with Crippen LogP contribution in [0.25, 0.3) is 0 Å². The van der Waals surface area contributed by atoms with Crippen LogP contribution >= 0.6 is 0 Å². The number of nitro groups is 1. The lowest BCUT2D eigenvalue weighted by molar-refractivity contribution is -0.390. The summed E-state index contributed by atoms with van der Waals surface area (Å²) in [6.07, 6.45) is -2.39. The van der Waals surface area contributed by atoms with Crippen LogP contribution < -0.4 is 0 Å². The lowest BCUT2D eigenvalue weighted by Gasteiger charge is -2.10. The quantitative estimate of drug-likeness (QED) is 0.467. The molecule has 0 radical (unpaired) electrons. The van der Waals surface area contributed by atoms with E-state index in [0.29, 0.717) is 0 Å². The molecule has 0 aliphatic rings. The van der Waals surface area contributed by atoms with E-state index in [1.807, 2.05) is 0 Å². The molecule has 8 heteroatoms. The normalized spacial score (nSPS) is 10.6. The number of carbonyl (C=O) groups is 1. The molecule has 0 amide bonds. The maximum Gasteiger partial charge on any atom is 0.366 e. The van der Waals surface area contributed by atoms with Crippen LogP contribution in [0.4, 0.5) is 14.6 Å². The van der Waals surface area contributed by atoms with E-state index in [-0.39, 0.29) is 24.2 Å². The van der Waals surface area contributed by atoms with Crippen molar-refractivity contribution in [1.82, 2.24) is 4.98 Å². The number of ether oxygens (including phenoxy) is 1. The predicted molar refractivity (Wildman–Crippen MR) is 60.9 cm³/mol. The van der Waals surface area contributed by atoms with Gasteiger partial charge in [-0.15, -0.1) is 0 Å². The second-order valence-electron chi connectivity index (χ2n) is 3.69. The number of nitrogens with zero attached hydrogens (tertiary/aromatic N) is 2. The van der Waals surface area contributed by atoms with Gasteiger partial charge in [0, 0.05) is 11.1 Å². The van der Waals surface area contributed by atoms with Gasteiger partial charge in [-0.05, 0) is 23.8 Å². The summed E-state index contributed by atoms with van der Waals surface area (Å²) in [5, 5.41) is 10.6. The molecule has 104 valence electrons. The van der Waals surface area contributed by atoms with Crippen LogP contribution in [0.5, 0.6) is 0 Å². The van der Waals surface area contributed by atoms with Crippen molar-refractivity contribution in [2.75, 3.05) is 6.61 Å². The smallest absolute Gasteiger partial charge is 0.366 e. The van der Waals surface area contributed by atoms with E-state index in [1.54, 1.807) is 6.92 Å². The standard InChI is InChI=1S/C11H12F2N2O4/c1-3-19-8(16)4-7-5-14-11(15(17)18)6(2)9(7)10(12)13/h5,10H,3-4H2,1-2H3. The molecule has 1 heterocycles. The van der Waals surface area contributed by atoms with E-state index < -0.39 is 28.7 Å². The molecule has 0 spiro atoms. The summed E-state index contributed by atoms with van der Waals surface area (Å²) >= 11 is 0. The molecule has 0 aliphatic heterocycles. The highest BCUT2D eigenvalue weighted by Crippen LogP contribution is 2.30. The zero-order valence-electron chi connectivity index (χ0n) is 10.4. The van der Waals surface area contributed by atoms with Crippen molar-refractivity contribution in [3.63, 3.8) is 0 Å². The fourth-order valence-corrected chi connectivity index (χ4v) is 1.66. The van der Waals surface area contributed by atoms with Crippen LogP contribution in [0.1, 0.15) is 30.0 Å². The molecule has 1 aromatic heterocycles. The molecule has 1 aromatic rings. The van der Waals surface area contributed by atoms with Crippen molar-refractivity contribution in [3.8, 4) is 0 Å². The number of esters is 1. The van der Waals surface area contributed by atoms with Crippen LogP contribution in [-0.2, 0) is 16.0 Å². The van der Waals surface area contributed by atoms with Gasteiger partial charge in [-0.1, -0.05) is 0 Å². The summed E-state index contributed by atoms with van der Waals surface area (Å²) in [6.45, 7) is 2.90. The van der Waals surface area contributed by atoms with Crippen molar-refractivity contribution >= 4 is 11.8 Å².